The molecule has 0 amide bonds. The second kappa shape index (κ2) is 6.93. The molecule has 1 aromatic carbocycles. The topological polar surface area (TPSA) is 83.7 Å². The predicted octanol–water partition coefficient (Wildman–Crippen LogP) is 2.76. The van der Waals surface area contributed by atoms with Crippen LogP contribution in [0.5, 0.6) is 0 Å². The summed E-state index contributed by atoms with van der Waals surface area (Å²) in [6, 6.07) is 12.4. The summed E-state index contributed by atoms with van der Waals surface area (Å²) >= 11 is 0. The number of benzene rings is 1. The van der Waals surface area contributed by atoms with Gasteiger partial charge in [-0.2, -0.15) is 5.10 Å². The molecule has 3 N–H and O–H groups in total. The fourth-order valence-corrected chi connectivity index (χ4v) is 3.56. The Kier molecular flexibility index (Phi) is 4.33. The van der Waals surface area contributed by atoms with E-state index in [1.807, 2.05) is 12.3 Å². The summed E-state index contributed by atoms with van der Waals surface area (Å²) in [5.41, 5.74) is 9.68. The quantitative estimate of drug-likeness (QED) is 0.766. The number of piperidine rings is 1. The Morgan fingerprint density at radius 3 is 2.68 bits per heavy atom. The van der Waals surface area contributed by atoms with Crippen LogP contribution < -0.4 is 10.6 Å². The molecule has 3 heterocycles. The van der Waals surface area contributed by atoms with Crippen molar-refractivity contribution >= 4 is 11.6 Å². The Labute approximate surface area is 147 Å². The van der Waals surface area contributed by atoms with Gasteiger partial charge in [-0.15, -0.1) is 0 Å². The average molecular weight is 334 g/mol. The highest BCUT2D eigenvalue weighted by Crippen LogP contribution is 2.31. The van der Waals surface area contributed by atoms with Gasteiger partial charge in [0.1, 0.15) is 18.0 Å². The molecule has 2 aromatic heterocycles. The normalized spacial score (nSPS) is 15.4. The lowest BCUT2D eigenvalue weighted by atomic mass is 9.90. The van der Waals surface area contributed by atoms with Crippen molar-refractivity contribution in [2.75, 3.05) is 23.7 Å². The molecule has 1 aliphatic heterocycles. The fraction of sp³-hybridized carbons (Fsp3) is 0.316. The Balaban J connectivity index is 1.44. The predicted molar refractivity (Wildman–Crippen MR) is 98.5 cm³/mol. The lowest BCUT2D eigenvalue weighted by Crippen LogP contribution is -2.33. The molecule has 1 aliphatic rings. The minimum absolute atomic E-state index is 0.511. The van der Waals surface area contributed by atoms with Crippen LogP contribution in [0.2, 0.25) is 0 Å². The molecular formula is C19H22N6. The minimum Gasteiger partial charge on any atom is -0.384 e. The van der Waals surface area contributed by atoms with E-state index in [9.17, 15) is 0 Å². The SMILES string of the molecule is Nc1cc(N2CCC(c3[nH]ncc3Cc3ccccc3)CC2)ncn1. The van der Waals surface area contributed by atoms with Gasteiger partial charge in [0.15, 0.2) is 0 Å². The van der Waals surface area contributed by atoms with Crippen LogP contribution in [0.1, 0.15) is 35.6 Å². The molecule has 1 saturated heterocycles. The van der Waals surface area contributed by atoms with Gasteiger partial charge in [0, 0.05) is 37.2 Å². The van der Waals surface area contributed by atoms with E-state index in [4.69, 9.17) is 5.73 Å². The van der Waals surface area contributed by atoms with E-state index in [2.05, 4.69) is 55.4 Å². The molecule has 4 rings (SSSR count). The molecular weight excluding hydrogens is 312 g/mol. The Bertz CT molecular complexity index is 821. The molecule has 0 unspecified atom stereocenters. The smallest absolute Gasteiger partial charge is 0.134 e. The summed E-state index contributed by atoms with van der Waals surface area (Å²) in [7, 11) is 0. The number of nitrogens with two attached hydrogens (primary N) is 1. The van der Waals surface area contributed by atoms with Crippen molar-refractivity contribution < 1.29 is 0 Å². The Hall–Kier alpha value is -2.89. The molecule has 1 fully saturated rings. The number of rotatable bonds is 4. The molecule has 128 valence electrons. The first-order chi connectivity index (χ1) is 12.3. The number of anilines is 2. The van der Waals surface area contributed by atoms with Crippen molar-refractivity contribution in [3.05, 3.63) is 65.7 Å². The van der Waals surface area contributed by atoms with Crippen LogP contribution in [0.15, 0.2) is 48.9 Å². The zero-order valence-electron chi connectivity index (χ0n) is 14.1. The first kappa shape index (κ1) is 15.6. The van der Waals surface area contributed by atoms with Crippen molar-refractivity contribution in [1.82, 2.24) is 20.2 Å². The molecule has 3 aromatic rings. The maximum atomic E-state index is 5.77. The first-order valence-electron chi connectivity index (χ1n) is 8.68. The maximum absolute atomic E-state index is 5.77. The zero-order chi connectivity index (χ0) is 17.1. The van der Waals surface area contributed by atoms with E-state index < -0.39 is 0 Å². The van der Waals surface area contributed by atoms with Gasteiger partial charge in [-0.3, -0.25) is 5.10 Å². The summed E-state index contributed by atoms with van der Waals surface area (Å²) in [5, 5.41) is 7.55. The highest BCUT2D eigenvalue weighted by Gasteiger charge is 2.24. The summed E-state index contributed by atoms with van der Waals surface area (Å²) in [4.78, 5) is 10.6. The highest BCUT2D eigenvalue weighted by molar-refractivity contribution is 5.46. The number of H-pyrrole nitrogens is 1. The van der Waals surface area contributed by atoms with Crippen LogP contribution in [-0.2, 0) is 6.42 Å². The second-order valence-corrected chi connectivity index (χ2v) is 6.53. The third-order valence-electron chi connectivity index (χ3n) is 4.89. The van der Waals surface area contributed by atoms with Crippen molar-refractivity contribution in [2.24, 2.45) is 0 Å². The highest BCUT2D eigenvalue weighted by atomic mass is 15.2. The largest absolute Gasteiger partial charge is 0.384 e. The lowest BCUT2D eigenvalue weighted by molar-refractivity contribution is 0.491. The molecule has 0 saturated carbocycles. The van der Waals surface area contributed by atoms with E-state index in [-0.39, 0.29) is 0 Å². The number of nitrogens with one attached hydrogen (secondary N) is 1. The van der Waals surface area contributed by atoms with Crippen molar-refractivity contribution in [3.63, 3.8) is 0 Å². The van der Waals surface area contributed by atoms with Crippen molar-refractivity contribution in [2.45, 2.75) is 25.2 Å². The van der Waals surface area contributed by atoms with E-state index in [0.717, 1.165) is 38.2 Å². The number of aromatic nitrogens is 4. The summed E-state index contributed by atoms with van der Waals surface area (Å²) in [5.74, 6) is 1.95. The minimum atomic E-state index is 0.511. The Morgan fingerprint density at radius 1 is 1.12 bits per heavy atom. The van der Waals surface area contributed by atoms with Crippen molar-refractivity contribution in [1.29, 1.82) is 0 Å². The van der Waals surface area contributed by atoms with Gasteiger partial charge in [0.25, 0.3) is 0 Å². The summed E-state index contributed by atoms with van der Waals surface area (Å²) in [6.45, 7) is 1.93. The van der Waals surface area contributed by atoms with Crippen LogP contribution in [0.3, 0.4) is 0 Å². The van der Waals surface area contributed by atoms with Gasteiger partial charge in [-0.25, -0.2) is 9.97 Å². The molecule has 0 radical (unpaired) electrons. The molecule has 25 heavy (non-hydrogen) atoms. The van der Waals surface area contributed by atoms with Gasteiger partial charge in [-0.05, 0) is 24.0 Å². The molecule has 6 nitrogen and oxygen atoms in total. The third kappa shape index (κ3) is 3.47. The molecule has 0 aliphatic carbocycles. The van der Waals surface area contributed by atoms with Crippen LogP contribution in [0.4, 0.5) is 11.6 Å². The standard InChI is InChI=1S/C19H22N6/c20-17-11-18(22-13-21-17)25-8-6-15(7-9-25)19-16(12-23-24-19)10-14-4-2-1-3-5-14/h1-5,11-13,15H,6-10H2,(H,23,24)(H2,20,21,22). The molecule has 0 spiro atoms. The van der Waals surface area contributed by atoms with E-state index in [1.165, 1.54) is 23.1 Å². The van der Waals surface area contributed by atoms with Gasteiger partial charge < -0.3 is 10.6 Å². The van der Waals surface area contributed by atoms with Crippen LogP contribution in [-0.4, -0.2) is 33.3 Å². The second-order valence-electron chi connectivity index (χ2n) is 6.53. The maximum Gasteiger partial charge on any atom is 0.134 e. The average Bonchev–Trinajstić information content (AvgIpc) is 3.11. The van der Waals surface area contributed by atoms with Gasteiger partial charge in [0.05, 0.1) is 6.20 Å². The van der Waals surface area contributed by atoms with Crippen LogP contribution >= 0.6 is 0 Å². The van der Waals surface area contributed by atoms with Crippen LogP contribution in [0, 0.1) is 0 Å². The van der Waals surface area contributed by atoms with E-state index in [0.29, 0.717) is 11.7 Å². The van der Waals surface area contributed by atoms with Crippen LogP contribution in [0.25, 0.3) is 0 Å². The molecule has 0 atom stereocenters. The molecule has 0 bridgehead atoms. The lowest BCUT2D eigenvalue weighted by Gasteiger charge is -2.32. The van der Waals surface area contributed by atoms with Gasteiger partial charge in [0.2, 0.25) is 0 Å². The van der Waals surface area contributed by atoms with Gasteiger partial charge >= 0.3 is 0 Å². The number of hydrogen-bond acceptors (Lipinski definition) is 5. The zero-order valence-corrected chi connectivity index (χ0v) is 14.1. The Morgan fingerprint density at radius 2 is 1.92 bits per heavy atom. The van der Waals surface area contributed by atoms with E-state index in [1.54, 1.807) is 0 Å². The monoisotopic (exact) mass is 334 g/mol. The first-order valence-corrected chi connectivity index (χ1v) is 8.68. The van der Waals surface area contributed by atoms with Crippen molar-refractivity contribution in [3.8, 4) is 0 Å². The number of hydrogen-bond donors (Lipinski definition) is 2. The van der Waals surface area contributed by atoms with Gasteiger partial charge in [-0.1, -0.05) is 30.3 Å². The number of nitrogens with zero attached hydrogens (tertiary/aromatic N) is 4. The van der Waals surface area contributed by atoms with E-state index >= 15 is 0 Å². The molecule has 6 heteroatoms. The number of nitrogen functional groups attached to an aromatic ring is 1. The third-order valence-corrected chi connectivity index (χ3v) is 4.89. The number of aromatic amines is 1. The summed E-state index contributed by atoms with van der Waals surface area (Å²) < 4.78 is 0. The fourth-order valence-electron chi connectivity index (χ4n) is 3.56. The summed E-state index contributed by atoms with van der Waals surface area (Å²) in [6.07, 6.45) is 6.58.